The van der Waals surface area contributed by atoms with Crippen LogP contribution in [0.2, 0.25) is 0 Å². The van der Waals surface area contributed by atoms with E-state index in [2.05, 4.69) is 10.7 Å². The van der Waals surface area contributed by atoms with Crippen LogP contribution in [0.25, 0.3) is 17.0 Å². The number of esters is 1. The number of hydrogen-bond acceptors (Lipinski definition) is 8. The van der Waals surface area contributed by atoms with Crippen molar-refractivity contribution in [1.82, 2.24) is 20.7 Å². The number of aromatic nitrogens is 1. The Morgan fingerprint density at radius 2 is 1.78 bits per heavy atom. The van der Waals surface area contributed by atoms with Gasteiger partial charge in [0.25, 0.3) is 5.91 Å². The van der Waals surface area contributed by atoms with Gasteiger partial charge in [-0.05, 0) is 70.1 Å². The molecule has 0 spiro atoms. The van der Waals surface area contributed by atoms with Crippen LogP contribution in [0.1, 0.15) is 92.0 Å². The van der Waals surface area contributed by atoms with Gasteiger partial charge in [-0.3, -0.25) is 24.2 Å². The number of benzene rings is 1. The third-order valence-corrected chi connectivity index (χ3v) is 9.57. The average Bonchev–Trinajstić information content (AvgIpc) is 3.02. The summed E-state index contributed by atoms with van der Waals surface area (Å²) in [4.78, 5) is 59.7. The number of carbonyl (C=O) groups is 4. The lowest BCUT2D eigenvalue weighted by atomic mass is 9.68. The van der Waals surface area contributed by atoms with Crippen molar-refractivity contribution >= 4 is 40.5 Å². The fraction of sp³-hybridized carbons (Fsp3) is 0.583. The second kappa shape index (κ2) is 14.4. The lowest BCUT2D eigenvalue weighted by molar-refractivity contribution is -0.158. The van der Waals surface area contributed by atoms with E-state index in [1.165, 1.54) is 11.9 Å². The number of Topliss-reactive ketones (excluding diaryl/α,β-unsaturated/α-hetero) is 1. The summed E-state index contributed by atoms with van der Waals surface area (Å²) in [6.45, 7) is 15.0. The Bertz CT molecular complexity index is 1480. The molecule has 46 heavy (non-hydrogen) atoms. The van der Waals surface area contributed by atoms with Gasteiger partial charge in [-0.15, -0.1) is 0 Å². The van der Waals surface area contributed by atoms with Crippen molar-refractivity contribution in [1.29, 1.82) is 0 Å². The van der Waals surface area contributed by atoms with Crippen LogP contribution >= 0.6 is 0 Å². The summed E-state index contributed by atoms with van der Waals surface area (Å²) in [5.74, 6) is -2.93. The van der Waals surface area contributed by atoms with Crippen molar-refractivity contribution in [3.05, 3.63) is 47.7 Å². The zero-order valence-electron chi connectivity index (χ0n) is 28.4. The molecule has 2 amide bonds. The van der Waals surface area contributed by atoms with Gasteiger partial charge in [0.2, 0.25) is 5.91 Å². The first-order valence-corrected chi connectivity index (χ1v) is 16.5. The molecule has 2 aromatic rings. The van der Waals surface area contributed by atoms with E-state index in [1.807, 2.05) is 84.0 Å². The van der Waals surface area contributed by atoms with Crippen LogP contribution in [0, 0.1) is 29.1 Å². The minimum absolute atomic E-state index is 0.0137. The zero-order chi connectivity index (χ0) is 33.9. The van der Waals surface area contributed by atoms with Crippen LogP contribution in [-0.2, 0) is 23.9 Å². The van der Waals surface area contributed by atoms with Crippen molar-refractivity contribution in [2.75, 3.05) is 6.54 Å². The van der Waals surface area contributed by atoms with Crippen molar-refractivity contribution in [3.8, 4) is 0 Å². The summed E-state index contributed by atoms with van der Waals surface area (Å²) in [5.41, 5.74) is 4.34. The molecule has 7 atom stereocenters. The molecule has 0 radical (unpaired) electrons. The van der Waals surface area contributed by atoms with Gasteiger partial charge in [-0.1, -0.05) is 64.5 Å². The Morgan fingerprint density at radius 1 is 1.09 bits per heavy atom. The molecule has 0 saturated carbocycles. The Hall–Kier alpha value is -3.63. The monoisotopic (exact) mass is 634 g/mol. The predicted molar refractivity (Wildman–Crippen MR) is 177 cm³/mol. The first kappa shape index (κ1) is 35.2. The van der Waals surface area contributed by atoms with E-state index in [0.29, 0.717) is 31.5 Å². The van der Waals surface area contributed by atoms with Crippen molar-refractivity contribution in [3.63, 3.8) is 0 Å². The van der Waals surface area contributed by atoms with Gasteiger partial charge in [0.15, 0.2) is 0 Å². The molecule has 1 saturated heterocycles. The molecule has 0 aliphatic carbocycles. The van der Waals surface area contributed by atoms with Gasteiger partial charge in [-0.2, -0.15) is 0 Å². The van der Waals surface area contributed by atoms with Gasteiger partial charge in [0.05, 0.1) is 17.3 Å². The summed E-state index contributed by atoms with van der Waals surface area (Å²) >= 11 is 0. The standard InChI is InChI=1S/C36H50N4O6/c1-9-26-21(4)32(42)36(7,8)17-16-24-12-13-25-14-15-27(37-29(25)19-24)23(6)46-35(45)28-11-10-18-40(39-28)34(44)31(22(5)41)38-33(43)30(26)20(2)3/h12-17,19-23,26,28,30-31,39,41H,9-11,18H2,1-8H3,(H,38,43). The molecule has 2 aliphatic heterocycles. The molecular formula is C36H50N4O6. The van der Waals surface area contributed by atoms with E-state index < -0.39 is 53.4 Å². The molecule has 5 bridgehead atoms. The van der Waals surface area contributed by atoms with Gasteiger partial charge in [0.1, 0.15) is 24.0 Å². The number of ketones is 1. The maximum atomic E-state index is 14.0. The highest BCUT2D eigenvalue weighted by Gasteiger charge is 2.42. The molecule has 3 heterocycles. The number of nitrogens with zero attached hydrogens (tertiary/aromatic N) is 2. The highest BCUT2D eigenvalue weighted by atomic mass is 16.5. The Labute approximate surface area is 272 Å². The van der Waals surface area contributed by atoms with E-state index in [1.54, 1.807) is 6.92 Å². The lowest BCUT2D eigenvalue weighted by Gasteiger charge is -2.38. The number of aliphatic hydroxyl groups excluding tert-OH is 1. The molecule has 10 nitrogen and oxygen atoms in total. The highest BCUT2D eigenvalue weighted by molar-refractivity contribution is 5.92. The zero-order valence-corrected chi connectivity index (χ0v) is 28.4. The highest BCUT2D eigenvalue weighted by Crippen LogP contribution is 2.36. The third kappa shape index (κ3) is 7.66. The fourth-order valence-electron chi connectivity index (χ4n) is 6.80. The van der Waals surface area contributed by atoms with Crippen LogP contribution in [0.5, 0.6) is 0 Å². The Balaban J connectivity index is 1.78. The van der Waals surface area contributed by atoms with Gasteiger partial charge < -0.3 is 15.2 Å². The van der Waals surface area contributed by atoms with E-state index >= 15 is 0 Å². The SMILES string of the molecule is CCC1C(C)C(=O)C(C)(C)C=Cc2ccc3ccc(nc3c2)C(C)OC(=O)C2CCCN(N2)C(=O)C(C(C)O)NC(=O)C1C(C)C. The first-order chi connectivity index (χ1) is 21.6. The van der Waals surface area contributed by atoms with Crippen LogP contribution < -0.4 is 10.7 Å². The number of hydrogen-bond donors (Lipinski definition) is 3. The van der Waals surface area contributed by atoms with Crippen molar-refractivity contribution in [2.45, 2.75) is 98.9 Å². The maximum Gasteiger partial charge on any atom is 0.325 e. The number of hydrazine groups is 1. The number of aliphatic hydroxyl groups is 1. The molecular weight excluding hydrogens is 584 g/mol. The van der Waals surface area contributed by atoms with E-state index in [4.69, 9.17) is 9.72 Å². The van der Waals surface area contributed by atoms with Crippen LogP contribution in [-0.4, -0.2) is 63.4 Å². The number of carbonyl (C=O) groups excluding carboxylic acids is 4. The summed E-state index contributed by atoms with van der Waals surface area (Å²) in [7, 11) is 0. The number of fused-ring (bicyclic) bond motifs is 4. The van der Waals surface area contributed by atoms with Crippen LogP contribution in [0.4, 0.5) is 0 Å². The largest absolute Gasteiger partial charge is 0.455 e. The summed E-state index contributed by atoms with van der Waals surface area (Å²) in [5, 5.41) is 15.7. The molecule has 2 aliphatic rings. The van der Waals surface area contributed by atoms with Crippen molar-refractivity contribution in [2.24, 2.45) is 29.1 Å². The van der Waals surface area contributed by atoms with E-state index in [9.17, 15) is 24.3 Å². The van der Waals surface area contributed by atoms with E-state index in [-0.39, 0.29) is 23.5 Å². The molecule has 10 heteroatoms. The third-order valence-electron chi connectivity index (χ3n) is 9.57. The molecule has 7 unspecified atom stereocenters. The number of rotatable bonds is 3. The molecule has 3 N–H and O–H groups in total. The van der Waals surface area contributed by atoms with E-state index in [0.717, 1.165) is 16.5 Å². The predicted octanol–water partition coefficient (Wildman–Crippen LogP) is 4.76. The number of cyclic esters (lactones) is 1. The van der Waals surface area contributed by atoms with Crippen LogP contribution in [0.3, 0.4) is 0 Å². The Kier molecular flexibility index (Phi) is 11.0. The summed E-state index contributed by atoms with van der Waals surface area (Å²) in [6.07, 6.45) is 3.52. The Morgan fingerprint density at radius 3 is 2.43 bits per heavy atom. The van der Waals surface area contributed by atoms with Crippen molar-refractivity contribution < 1.29 is 29.0 Å². The lowest BCUT2D eigenvalue weighted by Crippen LogP contribution is -2.62. The fourth-order valence-corrected chi connectivity index (χ4v) is 6.80. The number of pyridine rings is 1. The van der Waals surface area contributed by atoms with Crippen LogP contribution in [0.15, 0.2) is 36.4 Å². The summed E-state index contributed by atoms with van der Waals surface area (Å²) < 4.78 is 5.80. The summed E-state index contributed by atoms with van der Waals surface area (Å²) in [6, 6.07) is 7.60. The minimum atomic E-state index is -1.25. The van der Waals surface area contributed by atoms with Gasteiger partial charge in [-0.25, -0.2) is 10.4 Å². The van der Waals surface area contributed by atoms with Gasteiger partial charge in [0, 0.05) is 29.2 Å². The molecule has 250 valence electrons. The number of ether oxygens (including phenoxy) is 1. The first-order valence-electron chi connectivity index (χ1n) is 16.5. The molecule has 1 aromatic heterocycles. The number of amides is 2. The maximum absolute atomic E-state index is 14.0. The molecule has 4 rings (SSSR count). The normalized spacial score (nSPS) is 29.0. The number of allylic oxidation sites excluding steroid dienone is 1. The smallest absolute Gasteiger partial charge is 0.325 e. The second-order valence-electron chi connectivity index (χ2n) is 13.9. The molecule has 1 aromatic carbocycles. The quantitative estimate of drug-likeness (QED) is 0.411. The topological polar surface area (TPSA) is 138 Å². The second-order valence-corrected chi connectivity index (χ2v) is 13.9. The minimum Gasteiger partial charge on any atom is -0.455 e. The number of nitrogens with one attached hydrogen (secondary N) is 2. The average molecular weight is 635 g/mol. The molecule has 1 fully saturated rings. The van der Waals surface area contributed by atoms with Gasteiger partial charge >= 0.3 is 5.97 Å².